The van der Waals surface area contributed by atoms with E-state index in [0.717, 1.165) is 55.3 Å². The number of anilines is 4. The van der Waals surface area contributed by atoms with Gasteiger partial charge >= 0.3 is 6.18 Å². The zero-order valence-corrected chi connectivity index (χ0v) is 20.9. The number of nitrogens with zero attached hydrogens (tertiary/aromatic N) is 5. The van der Waals surface area contributed by atoms with Gasteiger partial charge in [0.2, 0.25) is 11.9 Å². The molecule has 1 saturated heterocycles. The zero-order chi connectivity index (χ0) is 26.3. The van der Waals surface area contributed by atoms with Crippen molar-refractivity contribution in [3.8, 4) is 11.3 Å². The van der Waals surface area contributed by atoms with Gasteiger partial charge in [0.15, 0.2) is 0 Å². The second-order valence-corrected chi connectivity index (χ2v) is 9.66. The maximum Gasteiger partial charge on any atom is 0.416 e. The molecule has 2 aliphatic rings. The predicted molar refractivity (Wildman–Crippen MR) is 136 cm³/mol. The Balaban J connectivity index is 1.39. The Labute approximate surface area is 212 Å². The average molecular weight is 512 g/mol. The van der Waals surface area contributed by atoms with Crippen LogP contribution < -0.4 is 15.5 Å². The first-order chi connectivity index (χ1) is 17.6. The van der Waals surface area contributed by atoms with Crippen molar-refractivity contribution in [3.05, 3.63) is 53.3 Å². The molecule has 1 amide bonds. The van der Waals surface area contributed by atoms with Crippen molar-refractivity contribution in [2.24, 2.45) is 0 Å². The number of aryl methyl sites for hydroxylation is 1. The third-order valence-electron chi connectivity index (χ3n) is 6.93. The highest BCUT2D eigenvalue weighted by atomic mass is 19.4. The number of hydrogen-bond donors (Lipinski definition) is 2. The van der Waals surface area contributed by atoms with Crippen molar-refractivity contribution in [1.82, 2.24) is 19.9 Å². The number of amides is 1. The number of hydrogen-bond acceptors (Lipinski definition) is 7. The number of aromatic nitrogens is 3. The molecule has 0 radical (unpaired) electrons. The number of piperidine rings is 1. The molecule has 0 unspecified atom stereocenters. The van der Waals surface area contributed by atoms with Crippen LogP contribution in [0.25, 0.3) is 11.3 Å². The third kappa shape index (κ3) is 5.22. The van der Waals surface area contributed by atoms with Gasteiger partial charge in [-0.25, -0.2) is 15.0 Å². The monoisotopic (exact) mass is 511 g/mol. The first-order valence-corrected chi connectivity index (χ1v) is 12.1. The molecule has 2 aliphatic heterocycles. The molecular weight excluding hydrogens is 483 g/mol. The van der Waals surface area contributed by atoms with E-state index >= 15 is 0 Å². The maximum absolute atomic E-state index is 13.2. The molecule has 11 heteroatoms. The summed E-state index contributed by atoms with van der Waals surface area (Å²) in [6.07, 6.45) is -0.860. The number of carbonyl (C=O) groups is 1. The molecule has 0 aliphatic carbocycles. The summed E-state index contributed by atoms with van der Waals surface area (Å²) in [5.74, 6) is 0.763. The molecule has 3 aromatic rings. The minimum atomic E-state index is -4.52. The van der Waals surface area contributed by atoms with Gasteiger partial charge in [-0.05, 0) is 58.1 Å². The minimum absolute atomic E-state index is 0.0363. The highest BCUT2D eigenvalue weighted by Crippen LogP contribution is 2.38. The fraction of sp³-hybridized carbons (Fsp3) is 0.385. The Morgan fingerprint density at radius 2 is 1.86 bits per heavy atom. The summed E-state index contributed by atoms with van der Waals surface area (Å²) in [6, 6.07) is 7.74. The van der Waals surface area contributed by atoms with Gasteiger partial charge in [-0.1, -0.05) is 6.07 Å². The molecule has 2 aromatic heterocycles. The second-order valence-electron chi connectivity index (χ2n) is 9.66. The Morgan fingerprint density at radius 3 is 2.54 bits per heavy atom. The number of rotatable bonds is 4. The van der Waals surface area contributed by atoms with E-state index in [1.54, 1.807) is 0 Å². The Bertz CT molecular complexity index is 1330. The van der Waals surface area contributed by atoms with E-state index in [9.17, 15) is 18.0 Å². The van der Waals surface area contributed by atoms with Gasteiger partial charge in [-0.2, -0.15) is 13.2 Å². The molecule has 4 heterocycles. The Hall–Kier alpha value is -3.73. The van der Waals surface area contributed by atoms with Gasteiger partial charge < -0.3 is 20.4 Å². The summed E-state index contributed by atoms with van der Waals surface area (Å²) in [7, 11) is 4.22. The van der Waals surface area contributed by atoms with Gasteiger partial charge in [-0.15, -0.1) is 0 Å². The van der Waals surface area contributed by atoms with Crippen molar-refractivity contribution in [2.45, 2.75) is 38.4 Å². The first kappa shape index (κ1) is 24.9. The molecule has 0 saturated carbocycles. The zero-order valence-electron chi connectivity index (χ0n) is 20.9. The van der Waals surface area contributed by atoms with Gasteiger partial charge in [0, 0.05) is 36.5 Å². The van der Waals surface area contributed by atoms with Gasteiger partial charge in [0.05, 0.1) is 34.7 Å². The molecule has 0 atom stereocenters. The maximum atomic E-state index is 13.2. The largest absolute Gasteiger partial charge is 0.416 e. The quantitative estimate of drug-likeness (QED) is 0.528. The lowest BCUT2D eigenvalue weighted by atomic mass is 10.0. The molecule has 1 fully saturated rings. The van der Waals surface area contributed by atoms with Gasteiger partial charge in [0.25, 0.3) is 0 Å². The summed E-state index contributed by atoms with van der Waals surface area (Å²) in [6.45, 7) is 3.79. The highest BCUT2D eigenvalue weighted by Gasteiger charge is 2.32. The molecule has 2 N–H and O–H groups in total. The van der Waals surface area contributed by atoms with Crippen LogP contribution >= 0.6 is 0 Å². The molecule has 8 nitrogen and oxygen atoms in total. The van der Waals surface area contributed by atoms with Gasteiger partial charge in [-0.3, -0.25) is 4.79 Å². The summed E-state index contributed by atoms with van der Waals surface area (Å²) in [5, 5.41) is 5.74. The van der Waals surface area contributed by atoms with Crippen LogP contribution in [0.4, 0.5) is 36.3 Å². The molecule has 0 bridgehead atoms. The van der Waals surface area contributed by atoms with Crippen molar-refractivity contribution in [2.75, 3.05) is 42.7 Å². The van der Waals surface area contributed by atoms with E-state index in [4.69, 9.17) is 4.98 Å². The van der Waals surface area contributed by atoms with Crippen molar-refractivity contribution in [1.29, 1.82) is 0 Å². The van der Waals surface area contributed by atoms with Crippen LogP contribution in [-0.4, -0.2) is 59.0 Å². The number of fused-ring (bicyclic) bond motifs is 3. The van der Waals surface area contributed by atoms with E-state index < -0.39 is 17.6 Å². The normalized spacial score (nSPS) is 16.2. The number of pyridine rings is 1. The van der Waals surface area contributed by atoms with Crippen molar-refractivity contribution in [3.63, 3.8) is 0 Å². The SMILES string of the molecule is Cc1nc(N2CCC(N(C)C)CC2)ccc1Nc1ncc2c(n1)-c1ccc(C(F)(F)F)cc1NC(=O)C2. The molecule has 1 aromatic carbocycles. The van der Waals surface area contributed by atoms with E-state index in [1.165, 1.54) is 12.3 Å². The van der Waals surface area contributed by atoms with Crippen LogP contribution in [0.2, 0.25) is 0 Å². The van der Waals surface area contributed by atoms with Crippen LogP contribution in [-0.2, 0) is 17.4 Å². The van der Waals surface area contributed by atoms with Crippen LogP contribution in [0.1, 0.15) is 29.7 Å². The first-order valence-electron chi connectivity index (χ1n) is 12.1. The number of nitrogens with one attached hydrogen (secondary N) is 2. The molecular formula is C26H28F3N7O. The van der Waals surface area contributed by atoms with E-state index in [2.05, 4.69) is 44.5 Å². The van der Waals surface area contributed by atoms with Crippen LogP contribution in [0.15, 0.2) is 36.5 Å². The van der Waals surface area contributed by atoms with Crippen molar-refractivity contribution < 1.29 is 18.0 Å². The van der Waals surface area contributed by atoms with Crippen LogP contribution in [0.5, 0.6) is 0 Å². The highest BCUT2D eigenvalue weighted by molar-refractivity contribution is 6.00. The molecule has 5 rings (SSSR count). The van der Waals surface area contributed by atoms with Gasteiger partial charge in [0.1, 0.15) is 5.82 Å². The standard InChI is InChI=1S/C26H28F3N7O/c1-15-20(6-7-22(31-15)36-10-8-18(9-11-36)35(2)3)33-25-30-14-16-12-23(37)32-21-13-17(26(27,28)29)4-5-19(21)24(16)34-25/h4-7,13-14,18H,8-12H2,1-3H3,(H,32,37)(H,30,33,34). The molecule has 0 spiro atoms. The van der Waals surface area contributed by atoms with E-state index in [1.807, 2.05) is 19.1 Å². The lowest BCUT2D eigenvalue weighted by molar-refractivity contribution is -0.137. The molecule has 194 valence electrons. The summed E-state index contributed by atoms with van der Waals surface area (Å²) in [5.41, 5.74) is 2.09. The minimum Gasteiger partial charge on any atom is -0.356 e. The summed E-state index contributed by atoms with van der Waals surface area (Å²) >= 11 is 0. The second kappa shape index (κ2) is 9.62. The Kier molecular flexibility index (Phi) is 6.49. The summed E-state index contributed by atoms with van der Waals surface area (Å²) < 4.78 is 39.7. The molecule has 37 heavy (non-hydrogen) atoms. The lowest BCUT2D eigenvalue weighted by Crippen LogP contribution is -2.42. The topological polar surface area (TPSA) is 86.3 Å². The third-order valence-corrected chi connectivity index (χ3v) is 6.93. The van der Waals surface area contributed by atoms with Crippen LogP contribution in [0.3, 0.4) is 0 Å². The fourth-order valence-corrected chi connectivity index (χ4v) is 4.82. The lowest BCUT2D eigenvalue weighted by Gasteiger charge is -2.36. The smallest absolute Gasteiger partial charge is 0.356 e. The number of carbonyl (C=O) groups excluding carboxylic acids is 1. The number of alkyl halides is 3. The summed E-state index contributed by atoms with van der Waals surface area (Å²) in [4.78, 5) is 30.6. The number of benzene rings is 1. The van der Waals surface area contributed by atoms with Crippen LogP contribution in [0, 0.1) is 6.92 Å². The van der Waals surface area contributed by atoms with E-state index in [-0.39, 0.29) is 18.1 Å². The Morgan fingerprint density at radius 1 is 1.11 bits per heavy atom. The van der Waals surface area contributed by atoms with Crippen molar-refractivity contribution >= 4 is 29.0 Å². The fourth-order valence-electron chi connectivity index (χ4n) is 4.82. The number of halogens is 3. The average Bonchev–Trinajstić information content (AvgIpc) is 2.99. The predicted octanol–water partition coefficient (Wildman–Crippen LogP) is 4.63. The van der Waals surface area contributed by atoms with E-state index in [0.29, 0.717) is 22.9 Å².